The van der Waals surface area contributed by atoms with Crippen LogP contribution in [0.2, 0.25) is 5.02 Å². The van der Waals surface area contributed by atoms with Crippen LogP contribution < -0.4 is 15.5 Å². The van der Waals surface area contributed by atoms with Gasteiger partial charge in [-0.05, 0) is 36.8 Å². The van der Waals surface area contributed by atoms with Crippen molar-refractivity contribution in [2.75, 3.05) is 16.8 Å². The Hall–Kier alpha value is -3.00. The zero-order valence-corrected chi connectivity index (χ0v) is 14.2. The highest BCUT2D eigenvalue weighted by Gasteiger charge is 2.31. The second-order valence-corrected chi connectivity index (χ2v) is 5.89. The van der Waals surface area contributed by atoms with E-state index in [2.05, 4.69) is 10.6 Å². The molecule has 0 bridgehead atoms. The molecule has 1 aliphatic heterocycles. The number of halogens is 3. The van der Waals surface area contributed by atoms with Crippen molar-refractivity contribution in [2.45, 2.75) is 6.92 Å². The molecule has 1 heterocycles. The van der Waals surface area contributed by atoms with E-state index in [0.717, 1.165) is 17.0 Å². The Morgan fingerprint density at radius 1 is 1.23 bits per heavy atom. The SMILES string of the molecule is Cc1c(NC(=O)c2ccc(F)c(Cl)c2F)cccc1N1C(=O)CNC1=O. The standard InChI is InChI=1S/C17H12ClF2N3O3/c1-8-11(3-2-4-12(8)23-13(24)7-21-17(23)26)22-16(25)9-5-6-10(19)14(18)15(9)20/h2-6H,7H2,1H3,(H,21,26)(H,22,25). The van der Waals surface area contributed by atoms with E-state index in [9.17, 15) is 23.2 Å². The molecule has 1 fully saturated rings. The third kappa shape index (κ3) is 2.99. The van der Waals surface area contributed by atoms with Gasteiger partial charge in [-0.1, -0.05) is 17.7 Å². The van der Waals surface area contributed by atoms with E-state index in [1.807, 2.05) is 0 Å². The molecule has 2 aromatic carbocycles. The lowest BCUT2D eigenvalue weighted by atomic mass is 10.1. The number of rotatable bonds is 3. The summed E-state index contributed by atoms with van der Waals surface area (Å²) in [6.45, 7) is 1.48. The van der Waals surface area contributed by atoms with Crippen molar-refractivity contribution in [1.82, 2.24) is 5.32 Å². The van der Waals surface area contributed by atoms with E-state index in [-0.39, 0.29) is 12.2 Å². The van der Waals surface area contributed by atoms with E-state index < -0.39 is 40.1 Å². The number of imide groups is 1. The fourth-order valence-electron chi connectivity index (χ4n) is 2.56. The number of urea groups is 1. The summed E-state index contributed by atoms with van der Waals surface area (Å²) in [5, 5.41) is 4.10. The highest BCUT2D eigenvalue weighted by molar-refractivity contribution is 6.31. The molecule has 2 aromatic rings. The first kappa shape index (κ1) is 17.8. The number of nitrogens with one attached hydrogen (secondary N) is 2. The molecule has 2 N–H and O–H groups in total. The summed E-state index contributed by atoms with van der Waals surface area (Å²) in [6.07, 6.45) is 0. The molecular weight excluding hydrogens is 368 g/mol. The summed E-state index contributed by atoms with van der Waals surface area (Å²) in [6, 6.07) is 5.89. The average molecular weight is 380 g/mol. The van der Waals surface area contributed by atoms with Crippen LogP contribution in [0.1, 0.15) is 15.9 Å². The van der Waals surface area contributed by atoms with Crippen molar-refractivity contribution in [3.05, 3.63) is 58.1 Å². The fraction of sp³-hybridized carbons (Fsp3) is 0.118. The highest BCUT2D eigenvalue weighted by atomic mass is 35.5. The molecule has 3 rings (SSSR count). The molecule has 0 saturated carbocycles. The summed E-state index contributed by atoms with van der Waals surface area (Å²) in [4.78, 5) is 37.0. The molecule has 0 radical (unpaired) electrons. The minimum absolute atomic E-state index is 0.117. The maximum absolute atomic E-state index is 14.0. The molecule has 0 unspecified atom stereocenters. The minimum Gasteiger partial charge on any atom is -0.328 e. The Kier molecular flexibility index (Phi) is 4.60. The largest absolute Gasteiger partial charge is 0.329 e. The van der Waals surface area contributed by atoms with Crippen LogP contribution in [-0.2, 0) is 4.79 Å². The lowest BCUT2D eigenvalue weighted by Crippen LogP contribution is -2.31. The van der Waals surface area contributed by atoms with Crippen LogP contribution in [0.25, 0.3) is 0 Å². The Labute approximate surface area is 151 Å². The van der Waals surface area contributed by atoms with Gasteiger partial charge >= 0.3 is 6.03 Å². The van der Waals surface area contributed by atoms with Crippen LogP contribution in [0.3, 0.4) is 0 Å². The predicted molar refractivity (Wildman–Crippen MR) is 91.4 cm³/mol. The van der Waals surface area contributed by atoms with Crippen molar-refractivity contribution in [1.29, 1.82) is 0 Å². The van der Waals surface area contributed by atoms with Crippen molar-refractivity contribution in [3.63, 3.8) is 0 Å². The van der Waals surface area contributed by atoms with Gasteiger partial charge in [0.1, 0.15) is 10.8 Å². The Balaban J connectivity index is 1.93. The number of anilines is 2. The molecule has 9 heteroatoms. The van der Waals surface area contributed by atoms with Gasteiger partial charge in [-0.3, -0.25) is 9.59 Å². The molecule has 0 aliphatic carbocycles. The van der Waals surface area contributed by atoms with Gasteiger partial charge in [0.05, 0.1) is 17.8 Å². The topological polar surface area (TPSA) is 78.5 Å². The Morgan fingerprint density at radius 2 is 1.96 bits per heavy atom. The van der Waals surface area contributed by atoms with Gasteiger partial charge in [0.2, 0.25) is 0 Å². The van der Waals surface area contributed by atoms with E-state index in [4.69, 9.17) is 11.6 Å². The van der Waals surface area contributed by atoms with E-state index in [0.29, 0.717) is 11.3 Å². The van der Waals surface area contributed by atoms with Gasteiger partial charge in [0.25, 0.3) is 11.8 Å². The third-order valence-electron chi connectivity index (χ3n) is 3.92. The van der Waals surface area contributed by atoms with Gasteiger partial charge in [-0.25, -0.2) is 18.5 Å². The molecule has 0 atom stereocenters. The molecule has 0 aromatic heterocycles. The van der Waals surface area contributed by atoms with Crippen LogP contribution >= 0.6 is 11.6 Å². The smallest absolute Gasteiger partial charge is 0.328 e. The van der Waals surface area contributed by atoms with Crippen molar-refractivity contribution in [2.24, 2.45) is 0 Å². The van der Waals surface area contributed by atoms with Crippen LogP contribution in [0.15, 0.2) is 30.3 Å². The number of hydrogen-bond donors (Lipinski definition) is 2. The summed E-state index contributed by atoms with van der Waals surface area (Å²) >= 11 is 5.49. The van der Waals surface area contributed by atoms with E-state index in [1.54, 1.807) is 13.0 Å². The first-order valence-electron chi connectivity index (χ1n) is 7.46. The summed E-state index contributed by atoms with van der Waals surface area (Å²) in [7, 11) is 0. The molecule has 6 nitrogen and oxygen atoms in total. The third-order valence-corrected chi connectivity index (χ3v) is 4.26. The number of carbonyl (C=O) groups excluding carboxylic acids is 3. The normalized spacial score (nSPS) is 13.8. The van der Waals surface area contributed by atoms with E-state index in [1.165, 1.54) is 12.1 Å². The van der Waals surface area contributed by atoms with Gasteiger partial charge in [-0.15, -0.1) is 0 Å². The van der Waals surface area contributed by atoms with Gasteiger partial charge < -0.3 is 10.6 Å². The second kappa shape index (κ2) is 6.72. The highest BCUT2D eigenvalue weighted by Crippen LogP contribution is 2.29. The molecule has 1 saturated heterocycles. The number of hydrogen-bond acceptors (Lipinski definition) is 3. The van der Waals surface area contributed by atoms with Gasteiger partial charge in [0, 0.05) is 5.69 Å². The van der Waals surface area contributed by atoms with Crippen molar-refractivity contribution >= 4 is 40.8 Å². The first-order valence-corrected chi connectivity index (χ1v) is 7.84. The molecule has 134 valence electrons. The van der Waals surface area contributed by atoms with Gasteiger partial charge in [0.15, 0.2) is 5.82 Å². The number of benzene rings is 2. The summed E-state index contributed by atoms with van der Waals surface area (Å²) in [5.41, 5.74) is 0.552. The molecular formula is C17H12ClF2N3O3. The number of nitrogens with zero attached hydrogens (tertiary/aromatic N) is 1. The molecule has 26 heavy (non-hydrogen) atoms. The maximum atomic E-state index is 14.0. The molecule has 0 spiro atoms. The summed E-state index contributed by atoms with van der Waals surface area (Å²) in [5.74, 6) is -3.43. The van der Waals surface area contributed by atoms with Crippen LogP contribution in [0, 0.1) is 18.6 Å². The maximum Gasteiger partial charge on any atom is 0.329 e. The summed E-state index contributed by atoms with van der Waals surface area (Å²) < 4.78 is 27.2. The lowest BCUT2D eigenvalue weighted by Gasteiger charge is -2.18. The Morgan fingerprint density at radius 3 is 2.62 bits per heavy atom. The van der Waals surface area contributed by atoms with E-state index >= 15 is 0 Å². The average Bonchev–Trinajstić information content (AvgIpc) is 2.93. The monoisotopic (exact) mass is 379 g/mol. The molecule has 4 amide bonds. The van der Waals surface area contributed by atoms with Crippen LogP contribution in [-0.4, -0.2) is 24.4 Å². The van der Waals surface area contributed by atoms with Crippen molar-refractivity contribution < 1.29 is 23.2 Å². The lowest BCUT2D eigenvalue weighted by molar-refractivity contribution is -0.115. The Bertz CT molecular complexity index is 933. The van der Waals surface area contributed by atoms with Gasteiger partial charge in [-0.2, -0.15) is 0 Å². The van der Waals surface area contributed by atoms with Crippen LogP contribution in [0.4, 0.5) is 25.0 Å². The predicted octanol–water partition coefficient (Wildman–Crippen LogP) is 3.24. The number of carbonyl (C=O) groups is 3. The minimum atomic E-state index is -1.17. The first-order chi connectivity index (χ1) is 12.3. The quantitative estimate of drug-likeness (QED) is 0.634. The molecule has 1 aliphatic rings. The zero-order valence-electron chi connectivity index (χ0n) is 13.4. The second-order valence-electron chi connectivity index (χ2n) is 5.51. The van der Waals surface area contributed by atoms with Crippen LogP contribution in [0.5, 0.6) is 0 Å². The fourth-order valence-corrected chi connectivity index (χ4v) is 2.72. The zero-order chi connectivity index (χ0) is 19.0. The number of amides is 4. The van der Waals surface area contributed by atoms with Crippen molar-refractivity contribution in [3.8, 4) is 0 Å².